The SMILES string of the molecule is CCc1c(-c2ccc(SNC3CCCCC3)cc2)[nH]c2ccccc12.O=CO. The van der Waals surface area contributed by atoms with E-state index < -0.39 is 0 Å². The summed E-state index contributed by atoms with van der Waals surface area (Å²) in [7, 11) is 0. The maximum atomic E-state index is 8.36. The topological polar surface area (TPSA) is 65.1 Å². The molecule has 0 amide bonds. The van der Waals surface area contributed by atoms with Crippen molar-refractivity contribution in [2.75, 3.05) is 0 Å². The number of hydrogen-bond acceptors (Lipinski definition) is 3. The Morgan fingerprint density at radius 2 is 1.79 bits per heavy atom. The van der Waals surface area contributed by atoms with Crippen LogP contribution in [0.25, 0.3) is 22.2 Å². The van der Waals surface area contributed by atoms with Crippen molar-refractivity contribution >= 4 is 29.3 Å². The van der Waals surface area contributed by atoms with Crippen molar-refractivity contribution in [3.05, 3.63) is 54.1 Å². The third kappa shape index (κ3) is 4.97. The number of H-pyrrole nitrogens is 1. The third-order valence-corrected chi connectivity index (χ3v) is 6.22. The first kappa shape index (κ1) is 20.5. The molecule has 1 aliphatic carbocycles. The Morgan fingerprint density at radius 3 is 2.46 bits per heavy atom. The summed E-state index contributed by atoms with van der Waals surface area (Å²) in [5, 5.41) is 8.23. The molecule has 4 rings (SSSR count). The van der Waals surface area contributed by atoms with Crippen molar-refractivity contribution in [2.24, 2.45) is 0 Å². The first-order valence-corrected chi connectivity index (χ1v) is 10.8. The Balaban J connectivity index is 0.000000706. The van der Waals surface area contributed by atoms with Gasteiger partial charge in [-0.2, -0.15) is 0 Å². The quantitative estimate of drug-likeness (QED) is 0.364. The number of carbonyl (C=O) groups is 1. The molecular formula is C23H28N2O2S. The van der Waals surface area contributed by atoms with E-state index in [1.165, 1.54) is 64.7 Å². The van der Waals surface area contributed by atoms with Gasteiger partial charge in [-0.05, 0) is 60.5 Å². The van der Waals surface area contributed by atoms with Crippen LogP contribution in [0.4, 0.5) is 0 Å². The van der Waals surface area contributed by atoms with Gasteiger partial charge in [-0.15, -0.1) is 0 Å². The van der Waals surface area contributed by atoms with Crippen LogP contribution in [-0.4, -0.2) is 22.6 Å². The second-order valence-electron chi connectivity index (χ2n) is 7.06. The van der Waals surface area contributed by atoms with E-state index in [1.807, 2.05) is 0 Å². The van der Waals surface area contributed by atoms with Crippen molar-refractivity contribution in [3.63, 3.8) is 0 Å². The molecule has 0 saturated heterocycles. The van der Waals surface area contributed by atoms with Crippen molar-refractivity contribution in [1.29, 1.82) is 0 Å². The minimum Gasteiger partial charge on any atom is -0.483 e. The molecule has 0 radical (unpaired) electrons. The van der Waals surface area contributed by atoms with Crippen molar-refractivity contribution < 1.29 is 9.90 Å². The molecule has 0 aliphatic heterocycles. The van der Waals surface area contributed by atoms with E-state index in [0.717, 1.165) is 6.42 Å². The first-order chi connectivity index (χ1) is 13.8. The zero-order valence-electron chi connectivity index (χ0n) is 16.3. The monoisotopic (exact) mass is 396 g/mol. The Kier molecular flexibility index (Phi) is 7.57. The van der Waals surface area contributed by atoms with E-state index >= 15 is 0 Å². The average molecular weight is 397 g/mol. The molecule has 5 heteroatoms. The molecule has 1 aromatic heterocycles. The highest BCUT2D eigenvalue weighted by atomic mass is 32.2. The highest BCUT2D eigenvalue weighted by molar-refractivity contribution is 7.97. The number of benzene rings is 2. The summed E-state index contributed by atoms with van der Waals surface area (Å²) in [5.41, 5.74) is 5.18. The molecule has 0 bridgehead atoms. The van der Waals surface area contributed by atoms with Gasteiger partial charge in [0.15, 0.2) is 0 Å². The number of aryl methyl sites for hydroxylation is 1. The van der Waals surface area contributed by atoms with E-state index in [4.69, 9.17) is 9.90 Å². The lowest BCUT2D eigenvalue weighted by atomic mass is 9.96. The minimum absolute atomic E-state index is 0.250. The van der Waals surface area contributed by atoms with Crippen LogP contribution in [0.15, 0.2) is 53.4 Å². The second kappa shape index (κ2) is 10.3. The summed E-state index contributed by atoms with van der Waals surface area (Å²) in [4.78, 5) is 13.3. The van der Waals surface area contributed by atoms with Gasteiger partial charge < -0.3 is 10.1 Å². The van der Waals surface area contributed by atoms with Crippen molar-refractivity contribution in [2.45, 2.75) is 56.4 Å². The van der Waals surface area contributed by atoms with E-state index in [1.54, 1.807) is 11.9 Å². The molecule has 148 valence electrons. The molecular weight excluding hydrogens is 368 g/mol. The van der Waals surface area contributed by atoms with Crippen LogP contribution in [0.5, 0.6) is 0 Å². The zero-order valence-corrected chi connectivity index (χ0v) is 17.1. The van der Waals surface area contributed by atoms with E-state index in [2.05, 4.69) is 65.2 Å². The number of fused-ring (bicyclic) bond motifs is 1. The highest BCUT2D eigenvalue weighted by Crippen LogP contribution is 2.32. The van der Waals surface area contributed by atoms with E-state index in [9.17, 15) is 0 Å². The molecule has 3 aromatic rings. The molecule has 1 fully saturated rings. The lowest BCUT2D eigenvalue weighted by molar-refractivity contribution is -0.122. The fourth-order valence-corrected chi connectivity index (χ4v) is 4.69. The minimum atomic E-state index is -0.250. The lowest BCUT2D eigenvalue weighted by Crippen LogP contribution is -2.25. The number of carboxylic acid groups (broad SMARTS) is 1. The van der Waals surface area contributed by atoms with Gasteiger partial charge in [0.25, 0.3) is 6.47 Å². The van der Waals surface area contributed by atoms with Gasteiger partial charge in [0.1, 0.15) is 0 Å². The molecule has 0 atom stereocenters. The highest BCUT2D eigenvalue weighted by Gasteiger charge is 2.14. The number of rotatable bonds is 5. The number of para-hydroxylation sites is 1. The van der Waals surface area contributed by atoms with Gasteiger partial charge in [0.2, 0.25) is 0 Å². The summed E-state index contributed by atoms with van der Waals surface area (Å²) >= 11 is 1.79. The van der Waals surface area contributed by atoms with Crippen LogP contribution in [-0.2, 0) is 11.2 Å². The Morgan fingerprint density at radius 1 is 1.11 bits per heavy atom. The number of hydrogen-bond donors (Lipinski definition) is 3. The number of aromatic amines is 1. The fraction of sp³-hybridized carbons (Fsp3) is 0.348. The van der Waals surface area contributed by atoms with Crippen molar-refractivity contribution in [1.82, 2.24) is 9.71 Å². The first-order valence-electron chi connectivity index (χ1n) is 9.97. The molecule has 1 saturated carbocycles. The van der Waals surface area contributed by atoms with Gasteiger partial charge in [0.05, 0.1) is 0 Å². The normalized spacial score (nSPS) is 14.5. The van der Waals surface area contributed by atoms with Gasteiger partial charge in [-0.1, -0.05) is 56.5 Å². The van der Waals surface area contributed by atoms with Gasteiger partial charge in [-0.3, -0.25) is 9.52 Å². The van der Waals surface area contributed by atoms with Crippen LogP contribution >= 0.6 is 11.9 Å². The van der Waals surface area contributed by atoms with Gasteiger partial charge in [-0.25, -0.2) is 0 Å². The predicted molar refractivity (Wildman–Crippen MR) is 118 cm³/mol. The standard InChI is InChI=1S/C22H26N2S.CH2O2/c1-2-19-20-10-6-7-11-21(20)23-22(19)16-12-14-18(15-13-16)25-24-17-8-4-3-5-9-17;2-1-3/h6-7,10-15,17,23-24H,2-5,8-9H2,1H3;1H,(H,2,3). The zero-order chi connectivity index (χ0) is 19.8. The smallest absolute Gasteiger partial charge is 0.290 e. The summed E-state index contributed by atoms with van der Waals surface area (Å²) in [6, 6.07) is 18.2. The summed E-state index contributed by atoms with van der Waals surface area (Å²) < 4.78 is 3.65. The molecule has 0 unspecified atom stereocenters. The maximum absolute atomic E-state index is 8.36. The third-order valence-electron chi connectivity index (χ3n) is 5.26. The van der Waals surface area contributed by atoms with Crippen LogP contribution in [0.3, 0.4) is 0 Å². The second-order valence-corrected chi connectivity index (χ2v) is 7.97. The summed E-state index contributed by atoms with van der Waals surface area (Å²) in [6.07, 6.45) is 7.83. The Hall–Kier alpha value is -2.24. The van der Waals surface area contributed by atoms with Crippen LogP contribution in [0.2, 0.25) is 0 Å². The van der Waals surface area contributed by atoms with Crippen LogP contribution in [0.1, 0.15) is 44.6 Å². The molecule has 2 aromatic carbocycles. The van der Waals surface area contributed by atoms with E-state index in [0.29, 0.717) is 6.04 Å². The Labute approximate surface area is 170 Å². The molecule has 0 spiro atoms. The number of aromatic nitrogens is 1. The summed E-state index contributed by atoms with van der Waals surface area (Å²) in [6.45, 7) is 1.98. The van der Waals surface area contributed by atoms with Gasteiger partial charge in [0, 0.05) is 27.5 Å². The Bertz CT molecular complexity index is 883. The molecule has 1 heterocycles. The van der Waals surface area contributed by atoms with Crippen LogP contribution < -0.4 is 4.72 Å². The molecule has 28 heavy (non-hydrogen) atoms. The maximum Gasteiger partial charge on any atom is 0.290 e. The number of nitrogens with one attached hydrogen (secondary N) is 2. The fourth-order valence-electron chi connectivity index (χ4n) is 3.88. The van der Waals surface area contributed by atoms with Gasteiger partial charge >= 0.3 is 0 Å². The molecule has 4 nitrogen and oxygen atoms in total. The predicted octanol–water partition coefficient (Wildman–Crippen LogP) is 6.03. The summed E-state index contributed by atoms with van der Waals surface area (Å²) in [5.74, 6) is 0. The largest absolute Gasteiger partial charge is 0.483 e. The molecule has 1 aliphatic rings. The van der Waals surface area contributed by atoms with E-state index in [-0.39, 0.29) is 6.47 Å². The lowest BCUT2D eigenvalue weighted by Gasteiger charge is -2.22. The van der Waals surface area contributed by atoms with Crippen LogP contribution in [0, 0.1) is 0 Å². The molecule has 3 N–H and O–H groups in total. The average Bonchev–Trinajstić information content (AvgIpc) is 3.12. The van der Waals surface area contributed by atoms with Crippen molar-refractivity contribution in [3.8, 4) is 11.3 Å².